The average molecular weight is 251 g/mol. The Morgan fingerprint density at radius 1 is 1.29 bits per heavy atom. The predicted octanol–water partition coefficient (Wildman–Crippen LogP) is 2.98. The molecule has 1 amide bonds. The summed E-state index contributed by atoms with van der Waals surface area (Å²) in [4.78, 5) is 12.3. The maximum atomic E-state index is 12.3. The lowest BCUT2D eigenvalue weighted by Crippen LogP contribution is -2.49. The molecule has 17 heavy (non-hydrogen) atoms. The van der Waals surface area contributed by atoms with E-state index in [1.807, 2.05) is 26.8 Å². The number of hydrazine groups is 1. The Labute approximate surface area is 106 Å². The van der Waals surface area contributed by atoms with E-state index in [2.05, 4.69) is 5.43 Å². The quantitative estimate of drug-likeness (QED) is 0.831. The SMILES string of the molecule is CC1=CC(C)(C)N(C(=O)c2ccc(Cl)cc2)N1. The van der Waals surface area contributed by atoms with Crippen LogP contribution >= 0.6 is 11.6 Å². The molecule has 1 heterocycles. The minimum absolute atomic E-state index is 0.0558. The first-order valence-corrected chi connectivity index (χ1v) is 5.84. The Kier molecular flexibility index (Phi) is 2.87. The highest BCUT2D eigenvalue weighted by molar-refractivity contribution is 6.30. The van der Waals surface area contributed by atoms with Crippen LogP contribution in [0.1, 0.15) is 31.1 Å². The fourth-order valence-corrected chi connectivity index (χ4v) is 2.11. The lowest BCUT2D eigenvalue weighted by atomic mass is 10.0. The standard InChI is InChI=1S/C13H15ClN2O/c1-9-8-13(2,3)16(15-9)12(17)10-4-6-11(14)7-5-10/h4-8,15H,1-3H3. The molecule has 90 valence electrons. The Hall–Kier alpha value is -1.48. The highest BCUT2D eigenvalue weighted by atomic mass is 35.5. The molecule has 1 N–H and O–H groups in total. The summed E-state index contributed by atoms with van der Waals surface area (Å²) in [6, 6.07) is 6.91. The van der Waals surface area contributed by atoms with Crippen molar-refractivity contribution in [1.29, 1.82) is 0 Å². The van der Waals surface area contributed by atoms with Gasteiger partial charge in [0.15, 0.2) is 0 Å². The van der Waals surface area contributed by atoms with E-state index in [1.165, 1.54) is 0 Å². The van der Waals surface area contributed by atoms with E-state index in [9.17, 15) is 4.79 Å². The summed E-state index contributed by atoms with van der Waals surface area (Å²) in [7, 11) is 0. The van der Waals surface area contributed by atoms with Gasteiger partial charge in [-0.25, -0.2) is 5.01 Å². The number of carbonyl (C=O) groups excluding carboxylic acids is 1. The zero-order chi connectivity index (χ0) is 12.6. The topological polar surface area (TPSA) is 32.3 Å². The van der Waals surface area contributed by atoms with Gasteiger partial charge < -0.3 is 0 Å². The Balaban J connectivity index is 2.25. The van der Waals surface area contributed by atoms with Crippen LogP contribution in [0.4, 0.5) is 0 Å². The highest BCUT2D eigenvalue weighted by Crippen LogP contribution is 2.24. The molecule has 1 aliphatic heterocycles. The number of hydrogen-bond acceptors (Lipinski definition) is 2. The Morgan fingerprint density at radius 3 is 2.35 bits per heavy atom. The van der Waals surface area contributed by atoms with Gasteiger partial charge in [-0.15, -0.1) is 0 Å². The van der Waals surface area contributed by atoms with Crippen molar-refractivity contribution in [3.63, 3.8) is 0 Å². The van der Waals surface area contributed by atoms with E-state index in [4.69, 9.17) is 11.6 Å². The fourth-order valence-electron chi connectivity index (χ4n) is 1.98. The molecule has 0 bridgehead atoms. The second-order valence-electron chi connectivity index (χ2n) is 4.74. The maximum absolute atomic E-state index is 12.3. The molecule has 0 saturated carbocycles. The van der Waals surface area contributed by atoms with E-state index in [-0.39, 0.29) is 11.4 Å². The summed E-state index contributed by atoms with van der Waals surface area (Å²) in [5.74, 6) is -0.0558. The first-order valence-electron chi connectivity index (χ1n) is 5.46. The average Bonchev–Trinajstić information content (AvgIpc) is 2.52. The van der Waals surface area contributed by atoms with E-state index in [1.54, 1.807) is 29.3 Å². The number of allylic oxidation sites excluding steroid dienone is 1. The summed E-state index contributed by atoms with van der Waals surface area (Å²) in [6.45, 7) is 5.92. The van der Waals surface area contributed by atoms with Gasteiger partial charge in [0.05, 0.1) is 5.54 Å². The minimum Gasteiger partial charge on any atom is -0.300 e. The molecule has 3 nitrogen and oxygen atoms in total. The molecule has 0 atom stereocenters. The van der Waals surface area contributed by atoms with Crippen LogP contribution in [-0.4, -0.2) is 16.5 Å². The molecule has 1 aromatic rings. The Morgan fingerprint density at radius 2 is 1.88 bits per heavy atom. The van der Waals surface area contributed by atoms with Crippen LogP contribution in [0.5, 0.6) is 0 Å². The zero-order valence-corrected chi connectivity index (χ0v) is 10.9. The second-order valence-corrected chi connectivity index (χ2v) is 5.18. The van der Waals surface area contributed by atoms with Crippen LogP contribution in [0.25, 0.3) is 0 Å². The van der Waals surface area contributed by atoms with Crippen LogP contribution in [0.2, 0.25) is 5.02 Å². The molecule has 4 heteroatoms. The van der Waals surface area contributed by atoms with Crippen LogP contribution in [0.15, 0.2) is 36.0 Å². The molecule has 1 aromatic carbocycles. The first-order chi connectivity index (χ1) is 7.90. The summed E-state index contributed by atoms with van der Waals surface area (Å²) in [5, 5.41) is 2.26. The number of rotatable bonds is 1. The summed E-state index contributed by atoms with van der Waals surface area (Å²) in [5.41, 5.74) is 4.36. The number of amides is 1. The van der Waals surface area contributed by atoms with E-state index in [0.29, 0.717) is 10.6 Å². The normalized spacial score (nSPS) is 17.6. The molecule has 0 fully saturated rings. The van der Waals surface area contributed by atoms with Crippen LogP contribution in [-0.2, 0) is 0 Å². The lowest BCUT2D eigenvalue weighted by molar-refractivity contribution is 0.0565. The van der Waals surface area contributed by atoms with Crippen molar-refractivity contribution in [2.45, 2.75) is 26.3 Å². The number of nitrogens with one attached hydrogen (secondary N) is 1. The lowest BCUT2D eigenvalue weighted by Gasteiger charge is -2.30. The second kappa shape index (κ2) is 4.08. The van der Waals surface area contributed by atoms with Gasteiger partial charge in [0.1, 0.15) is 0 Å². The minimum atomic E-state index is -0.319. The van der Waals surface area contributed by atoms with E-state index < -0.39 is 0 Å². The van der Waals surface area contributed by atoms with Gasteiger partial charge in [-0.1, -0.05) is 11.6 Å². The largest absolute Gasteiger partial charge is 0.300 e. The van der Waals surface area contributed by atoms with Crippen molar-refractivity contribution in [3.05, 3.63) is 46.6 Å². The van der Waals surface area contributed by atoms with Crippen molar-refractivity contribution < 1.29 is 4.79 Å². The van der Waals surface area contributed by atoms with Gasteiger partial charge in [-0.3, -0.25) is 10.2 Å². The van der Waals surface area contributed by atoms with Crippen LogP contribution < -0.4 is 5.43 Å². The zero-order valence-electron chi connectivity index (χ0n) is 10.1. The van der Waals surface area contributed by atoms with E-state index in [0.717, 1.165) is 5.70 Å². The molecular weight excluding hydrogens is 236 g/mol. The highest BCUT2D eigenvalue weighted by Gasteiger charge is 2.34. The third-order valence-corrected chi connectivity index (χ3v) is 2.98. The maximum Gasteiger partial charge on any atom is 0.273 e. The number of nitrogens with zero attached hydrogens (tertiary/aromatic N) is 1. The molecule has 1 aliphatic rings. The van der Waals surface area contributed by atoms with Crippen LogP contribution in [0, 0.1) is 0 Å². The smallest absolute Gasteiger partial charge is 0.273 e. The van der Waals surface area contributed by atoms with Crippen molar-refractivity contribution in [2.24, 2.45) is 0 Å². The fraction of sp³-hybridized carbons (Fsp3) is 0.308. The predicted molar refractivity (Wildman–Crippen MR) is 68.6 cm³/mol. The molecule has 0 spiro atoms. The van der Waals surface area contributed by atoms with Crippen molar-refractivity contribution in [1.82, 2.24) is 10.4 Å². The Bertz CT molecular complexity index is 477. The number of halogens is 1. The molecule has 0 aromatic heterocycles. The van der Waals surface area contributed by atoms with Gasteiger partial charge in [-0.05, 0) is 51.1 Å². The van der Waals surface area contributed by atoms with Gasteiger partial charge in [-0.2, -0.15) is 0 Å². The molecule has 0 saturated heterocycles. The summed E-state index contributed by atoms with van der Waals surface area (Å²) >= 11 is 5.80. The molecule has 2 rings (SSSR count). The molecule has 0 unspecified atom stereocenters. The third-order valence-electron chi connectivity index (χ3n) is 2.73. The van der Waals surface area contributed by atoms with Gasteiger partial charge in [0.2, 0.25) is 0 Å². The van der Waals surface area contributed by atoms with E-state index >= 15 is 0 Å². The monoisotopic (exact) mass is 250 g/mol. The van der Waals surface area contributed by atoms with Gasteiger partial charge >= 0.3 is 0 Å². The number of hydrogen-bond donors (Lipinski definition) is 1. The third kappa shape index (κ3) is 2.29. The van der Waals surface area contributed by atoms with Gasteiger partial charge in [0, 0.05) is 16.3 Å². The summed E-state index contributed by atoms with van der Waals surface area (Å²) in [6.07, 6.45) is 2.03. The van der Waals surface area contributed by atoms with Crippen molar-refractivity contribution >= 4 is 17.5 Å². The molecule has 0 aliphatic carbocycles. The number of carbonyl (C=O) groups is 1. The van der Waals surface area contributed by atoms with Crippen molar-refractivity contribution in [2.75, 3.05) is 0 Å². The number of benzene rings is 1. The molecule has 0 radical (unpaired) electrons. The van der Waals surface area contributed by atoms with Gasteiger partial charge in [0.25, 0.3) is 5.91 Å². The first kappa shape index (κ1) is 12.0. The molecular formula is C13H15ClN2O. The van der Waals surface area contributed by atoms with Crippen LogP contribution in [0.3, 0.4) is 0 Å². The van der Waals surface area contributed by atoms with Crippen molar-refractivity contribution in [3.8, 4) is 0 Å². The summed E-state index contributed by atoms with van der Waals surface area (Å²) < 4.78 is 0.